The zero-order valence-electron chi connectivity index (χ0n) is 14.6. The van der Waals surface area contributed by atoms with Gasteiger partial charge in [-0.15, -0.1) is 13.2 Å². The van der Waals surface area contributed by atoms with Crippen LogP contribution < -0.4 is 15.9 Å². The molecule has 1 aromatic heterocycles. The number of methoxy groups -OCH3 is 1. The molecular formula is C18H21F3N2O2. The van der Waals surface area contributed by atoms with Gasteiger partial charge in [0.2, 0.25) is 0 Å². The van der Waals surface area contributed by atoms with Gasteiger partial charge in [0.05, 0.1) is 7.11 Å². The van der Waals surface area contributed by atoms with Crippen molar-refractivity contribution in [1.29, 1.82) is 0 Å². The Kier molecular flexibility index (Phi) is 7.29. The van der Waals surface area contributed by atoms with E-state index in [9.17, 15) is 13.2 Å². The van der Waals surface area contributed by atoms with Crippen molar-refractivity contribution in [2.45, 2.75) is 27.1 Å². The summed E-state index contributed by atoms with van der Waals surface area (Å²) in [7, 11) is 1.54. The number of ether oxygens (including phenoxy) is 2. The molecule has 0 amide bonds. The fourth-order valence-corrected chi connectivity index (χ4v) is 1.87. The normalized spacial score (nSPS) is 14.5. The zero-order chi connectivity index (χ0) is 19.0. The Labute approximate surface area is 144 Å². The Bertz CT molecular complexity index is 794. The fourth-order valence-electron chi connectivity index (χ4n) is 1.87. The topological polar surface area (TPSA) is 43.4 Å². The monoisotopic (exact) mass is 354 g/mol. The first kappa shape index (κ1) is 20.3. The standard InChI is InChI=1S/C18H21F3N2O2/c1-6-7-15(24-5)17-12(2)8-11-16(23-17)22-13(3)9-10-14(4)25-18(19,20)21/h6-11H,2H2,1,3-5H3,(H,22,23)/b7-6-,13-9+,14-10+,17-15-. The van der Waals surface area contributed by atoms with Crippen molar-refractivity contribution in [3.05, 3.63) is 58.5 Å². The number of pyridine rings is 1. The number of hydrogen-bond donors (Lipinski definition) is 1. The van der Waals surface area contributed by atoms with E-state index in [2.05, 4.69) is 21.6 Å². The van der Waals surface area contributed by atoms with Crippen LogP contribution in [0.15, 0.2) is 47.9 Å². The van der Waals surface area contributed by atoms with Crippen molar-refractivity contribution in [1.82, 2.24) is 4.98 Å². The molecule has 0 aliphatic rings. The Morgan fingerprint density at radius 1 is 1.24 bits per heavy atom. The van der Waals surface area contributed by atoms with Gasteiger partial charge in [0.25, 0.3) is 0 Å². The third-order valence-corrected chi connectivity index (χ3v) is 2.92. The molecule has 4 nitrogen and oxygen atoms in total. The molecule has 1 aromatic rings. The number of halogens is 3. The van der Waals surface area contributed by atoms with Crippen LogP contribution in [-0.2, 0) is 9.47 Å². The molecule has 0 spiro atoms. The molecule has 0 atom stereocenters. The van der Waals surface area contributed by atoms with E-state index >= 15 is 0 Å². The lowest BCUT2D eigenvalue weighted by Crippen LogP contribution is -2.30. The van der Waals surface area contributed by atoms with Crippen LogP contribution in [0.25, 0.3) is 12.3 Å². The molecule has 0 bridgehead atoms. The predicted octanol–water partition coefficient (Wildman–Crippen LogP) is 3.58. The highest BCUT2D eigenvalue weighted by molar-refractivity contribution is 5.50. The van der Waals surface area contributed by atoms with E-state index in [1.54, 1.807) is 25.1 Å². The molecule has 1 rings (SSSR count). The number of hydrogen-bond acceptors (Lipinski definition) is 4. The predicted molar refractivity (Wildman–Crippen MR) is 92.5 cm³/mol. The van der Waals surface area contributed by atoms with E-state index in [4.69, 9.17) is 4.74 Å². The fraction of sp³-hybridized carbons (Fsp3) is 0.278. The van der Waals surface area contributed by atoms with Crippen LogP contribution in [0, 0.1) is 0 Å². The van der Waals surface area contributed by atoms with Crippen LogP contribution in [0.2, 0.25) is 0 Å². The first-order valence-corrected chi connectivity index (χ1v) is 7.41. The number of alkyl halides is 3. The van der Waals surface area contributed by atoms with Crippen LogP contribution in [0.1, 0.15) is 20.8 Å². The average molecular weight is 354 g/mol. The van der Waals surface area contributed by atoms with E-state index in [0.717, 1.165) is 0 Å². The second kappa shape index (κ2) is 8.96. The number of aromatic nitrogens is 1. The molecule has 7 heteroatoms. The van der Waals surface area contributed by atoms with Crippen molar-refractivity contribution in [3.8, 4) is 0 Å². The summed E-state index contributed by atoms with van der Waals surface area (Å²) in [6.07, 6.45) is 1.57. The van der Waals surface area contributed by atoms with Gasteiger partial charge in [0, 0.05) is 5.70 Å². The van der Waals surface area contributed by atoms with Gasteiger partial charge >= 0.3 is 6.36 Å². The van der Waals surface area contributed by atoms with E-state index in [-0.39, 0.29) is 5.76 Å². The maximum atomic E-state index is 12.1. The maximum Gasteiger partial charge on any atom is 0.572 e. The first-order valence-electron chi connectivity index (χ1n) is 7.41. The lowest BCUT2D eigenvalue weighted by atomic mass is 10.3. The van der Waals surface area contributed by atoms with Gasteiger partial charge in [0.1, 0.15) is 22.7 Å². The largest absolute Gasteiger partial charge is 0.572 e. The molecule has 0 fully saturated rings. The summed E-state index contributed by atoms with van der Waals surface area (Å²) in [5, 5.41) is 4.26. The van der Waals surface area contributed by atoms with Gasteiger partial charge < -0.3 is 14.8 Å². The summed E-state index contributed by atoms with van der Waals surface area (Å²) < 4.78 is 45.4. The van der Waals surface area contributed by atoms with Crippen LogP contribution in [-0.4, -0.2) is 18.5 Å². The molecule has 0 saturated heterocycles. The molecule has 0 aliphatic carbocycles. The Morgan fingerprint density at radius 3 is 2.48 bits per heavy atom. The molecule has 0 aromatic carbocycles. The lowest BCUT2D eigenvalue weighted by Gasteiger charge is -2.09. The molecule has 1 N–H and O–H groups in total. The Balaban J connectivity index is 3.06. The van der Waals surface area contributed by atoms with Crippen molar-refractivity contribution in [3.63, 3.8) is 0 Å². The molecular weight excluding hydrogens is 333 g/mol. The van der Waals surface area contributed by atoms with E-state index in [0.29, 0.717) is 27.8 Å². The third-order valence-electron chi connectivity index (χ3n) is 2.92. The lowest BCUT2D eigenvalue weighted by molar-refractivity contribution is -0.305. The van der Waals surface area contributed by atoms with Gasteiger partial charge in [-0.05, 0) is 56.4 Å². The molecule has 0 aliphatic heterocycles. The van der Waals surface area contributed by atoms with Crippen molar-refractivity contribution >= 4 is 18.2 Å². The second-order valence-electron chi connectivity index (χ2n) is 5.07. The van der Waals surface area contributed by atoms with E-state index < -0.39 is 6.36 Å². The molecule has 25 heavy (non-hydrogen) atoms. The zero-order valence-corrected chi connectivity index (χ0v) is 14.6. The Morgan fingerprint density at radius 2 is 1.92 bits per heavy atom. The van der Waals surface area contributed by atoms with Crippen molar-refractivity contribution < 1.29 is 22.6 Å². The van der Waals surface area contributed by atoms with Crippen LogP contribution in [0.3, 0.4) is 0 Å². The van der Waals surface area contributed by atoms with E-state index in [1.165, 1.54) is 26.2 Å². The second-order valence-corrected chi connectivity index (χ2v) is 5.07. The highest BCUT2D eigenvalue weighted by Crippen LogP contribution is 2.20. The molecule has 1 heterocycles. The molecule has 0 unspecified atom stereocenters. The van der Waals surface area contributed by atoms with Gasteiger partial charge in [-0.2, -0.15) is 0 Å². The smallest absolute Gasteiger partial charge is 0.494 e. The molecule has 136 valence electrons. The number of rotatable bonds is 6. The van der Waals surface area contributed by atoms with Gasteiger partial charge in [-0.3, -0.25) is 0 Å². The Hall–Kier alpha value is -2.70. The maximum absolute atomic E-state index is 12.1. The number of allylic oxidation sites excluding steroid dienone is 5. The third kappa shape index (κ3) is 7.15. The van der Waals surface area contributed by atoms with E-state index in [1.807, 2.05) is 13.0 Å². The van der Waals surface area contributed by atoms with Crippen LogP contribution in [0.4, 0.5) is 19.0 Å². The minimum absolute atomic E-state index is 0.265. The van der Waals surface area contributed by atoms with Crippen molar-refractivity contribution in [2.24, 2.45) is 0 Å². The van der Waals surface area contributed by atoms with Crippen molar-refractivity contribution in [2.75, 3.05) is 12.4 Å². The summed E-state index contributed by atoms with van der Waals surface area (Å²) in [5.41, 5.74) is 0.588. The minimum atomic E-state index is -4.70. The number of nitrogens with zero attached hydrogens (tertiary/aromatic N) is 1. The highest BCUT2D eigenvalue weighted by atomic mass is 19.4. The number of anilines is 1. The summed E-state index contributed by atoms with van der Waals surface area (Å²) in [6, 6.07) is 3.49. The summed E-state index contributed by atoms with van der Waals surface area (Å²) in [4.78, 5) is 4.43. The summed E-state index contributed by atoms with van der Waals surface area (Å²) in [6.45, 7) is 8.69. The average Bonchev–Trinajstić information content (AvgIpc) is 2.51. The van der Waals surface area contributed by atoms with Crippen LogP contribution in [0.5, 0.6) is 0 Å². The molecule has 0 radical (unpaired) electrons. The van der Waals surface area contributed by atoms with Gasteiger partial charge in [-0.1, -0.05) is 12.7 Å². The van der Waals surface area contributed by atoms with Crippen LogP contribution >= 0.6 is 0 Å². The highest BCUT2D eigenvalue weighted by Gasteiger charge is 2.30. The SMILES string of the molecule is C=c1ccc(N/C(C)=C/C=C(\C)OC(F)(F)F)n/c1=C(/C=C\C)OC. The summed E-state index contributed by atoms with van der Waals surface area (Å²) in [5.74, 6) is 0.809. The quantitative estimate of drug-likeness (QED) is 0.626. The minimum Gasteiger partial charge on any atom is -0.494 e. The molecule has 0 saturated carbocycles. The number of nitrogens with one attached hydrogen (secondary N) is 1. The van der Waals surface area contributed by atoms with Gasteiger partial charge in [0.15, 0.2) is 0 Å². The first-order chi connectivity index (χ1) is 11.7. The summed E-state index contributed by atoms with van der Waals surface area (Å²) >= 11 is 0. The van der Waals surface area contributed by atoms with Gasteiger partial charge in [-0.25, -0.2) is 4.98 Å².